The van der Waals surface area contributed by atoms with Gasteiger partial charge in [0, 0.05) is 6.07 Å². The Balaban J connectivity index is 2.02. The van der Waals surface area contributed by atoms with Crippen LogP contribution in [-0.2, 0) is 0 Å². The third-order valence-corrected chi connectivity index (χ3v) is 4.06. The SMILES string of the molecule is Cc1cc(C)c(N2c3ccccc3Oc3ccnnc32)c(C)c1. The minimum atomic E-state index is 0.720. The Kier molecular flexibility index (Phi) is 3.05. The number of nitrogens with zero attached hydrogens (tertiary/aromatic N) is 3. The maximum atomic E-state index is 5.99. The van der Waals surface area contributed by atoms with E-state index < -0.39 is 0 Å². The maximum absolute atomic E-state index is 5.99. The predicted molar refractivity (Wildman–Crippen MR) is 91.0 cm³/mol. The molecule has 1 aliphatic rings. The zero-order valence-electron chi connectivity index (χ0n) is 13.4. The van der Waals surface area contributed by atoms with Crippen molar-refractivity contribution in [2.24, 2.45) is 0 Å². The molecule has 0 saturated heterocycles. The van der Waals surface area contributed by atoms with Crippen molar-refractivity contribution in [3.05, 3.63) is 65.4 Å². The van der Waals surface area contributed by atoms with E-state index in [1.54, 1.807) is 6.20 Å². The zero-order valence-corrected chi connectivity index (χ0v) is 13.4. The number of aryl methyl sites for hydroxylation is 3. The Bertz CT molecular complexity index is 836. The fraction of sp³-hybridized carbons (Fsp3) is 0.158. The standard InChI is InChI=1S/C19H17N3O/c1-12-10-13(2)18(14(3)11-12)22-15-6-4-5-7-16(15)23-17-8-9-20-21-19(17)22/h4-11H,1-3H3. The number of ether oxygens (including phenoxy) is 1. The van der Waals surface area contributed by atoms with E-state index in [9.17, 15) is 0 Å². The van der Waals surface area contributed by atoms with Crippen molar-refractivity contribution in [1.82, 2.24) is 10.2 Å². The van der Waals surface area contributed by atoms with E-state index >= 15 is 0 Å². The molecular formula is C19H17N3O. The van der Waals surface area contributed by atoms with Gasteiger partial charge in [0.1, 0.15) is 0 Å². The molecule has 0 N–H and O–H groups in total. The van der Waals surface area contributed by atoms with Gasteiger partial charge in [0.2, 0.25) is 5.82 Å². The van der Waals surface area contributed by atoms with Crippen LogP contribution in [0.1, 0.15) is 16.7 Å². The Morgan fingerprint density at radius 1 is 0.913 bits per heavy atom. The number of rotatable bonds is 1. The first-order valence-corrected chi connectivity index (χ1v) is 7.61. The topological polar surface area (TPSA) is 38.2 Å². The molecule has 0 amide bonds. The average Bonchev–Trinajstić information content (AvgIpc) is 2.53. The highest BCUT2D eigenvalue weighted by atomic mass is 16.5. The summed E-state index contributed by atoms with van der Waals surface area (Å²) in [5, 5.41) is 8.38. The minimum absolute atomic E-state index is 0.720. The van der Waals surface area contributed by atoms with E-state index in [-0.39, 0.29) is 0 Å². The summed E-state index contributed by atoms with van der Waals surface area (Å²) >= 11 is 0. The lowest BCUT2D eigenvalue weighted by Gasteiger charge is -2.33. The summed E-state index contributed by atoms with van der Waals surface area (Å²) in [7, 11) is 0. The second kappa shape index (κ2) is 5.09. The van der Waals surface area contributed by atoms with E-state index in [2.05, 4.69) is 48.0 Å². The van der Waals surface area contributed by atoms with Gasteiger partial charge in [-0.2, -0.15) is 5.10 Å². The molecule has 0 aliphatic carbocycles. The van der Waals surface area contributed by atoms with Crippen LogP contribution in [0.15, 0.2) is 48.7 Å². The fourth-order valence-electron chi connectivity index (χ4n) is 3.26. The molecule has 0 atom stereocenters. The van der Waals surface area contributed by atoms with E-state index in [4.69, 9.17) is 4.74 Å². The van der Waals surface area contributed by atoms with Gasteiger partial charge in [0.25, 0.3) is 0 Å². The molecule has 23 heavy (non-hydrogen) atoms. The van der Waals surface area contributed by atoms with E-state index in [0.29, 0.717) is 0 Å². The van der Waals surface area contributed by atoms with Crippen molar-refractivity contribution in [2.75, 3.05) is 4.90 Å². The minimum Gasteiger partial charge on any atom is -0.451 e. The molecule has 1 aliphatic heterocycles. The highest BCUT2D eigenvalue weighted by Gasteiger charge is 2.29. The summed E-state index contributed by atoms with van der Waals surface area (Å²) in [6, 6.07) is 14.2. The lowest BCUT2D eigenvalue weighted by molar-refractivity contribution is 0.472. The molecule has 0 bridgehead atoms. The van der Waals surface area contributed by atoms with Crippen LogP contribution >= 0.6 is 0 Å². The predicted octanol–water partition coefficient (Wildman–Crippen LogP) is 4.98. The summed E-state index contributed by atoms with van der Waals surface area (Å²) in [5.41, 5.74) is 5.78. The van der Waals surface area contributed by atoms with Crippen LogP contribution in [0.4, 0.5) is 17.2 Å². The Hall–Kier alpha value is -2.88. The Morgan fingerprint density at radius 3 is 2.43 bits per heavy atom. The molecule has 0 fully saturated rings. The van der Waals surface area contributed by atoms with Gasteiger partial charge in [-0.25, -0.2) is 0 Å². The number of fused-ring (bicyclic) bond motifs is 2. The third-order valence-electron chi connectivity index (χ3n) is 4.06. The van der Waals surface area contributed by atoms with Gasteiger partial charge in [0.15, 0.2) is 11.5 Å². The lowest BCUT2D eigenvalue weighted by Crippen LogP contribution is -2.19. The zero-order chi connectivity index (χ0) is 16.0. The molecule has 4 nitrogen and oxygen atoms in total. The van der Waals surface area contributed by atoms with Crippen molar-refractivity contribution in [1.29, 1.82) is 0 Å². The van der Waals surface area contributed by atoms with Crippen LogP contribution < -0.4 is 9.64 Å². The lowest BCUT2D eigenvalue weighted by atomic mass is 10.0. The molecule has 4 heteroatoms. The summed E-state index contributed by atoms with van der Waals surface area (Å²) in [4.78, 5) is 2.14. The molecule has 0 radical (unpaired) electrons. The van der Waals surface area contributed by atoms with Gasteiger partial charge in [-0.1, -0.05) is 29.8 Å². The molecule has 0 unspecified atom stereocenters. The van der Waals surface area contributed by atoms with E-state index in [0.717, 1.165) is 28.7 Å². The quantitative estimate of drug-likeness (QED) is 0.497. The molecule has 4 rings (SSSR count). The summed E-state index contributed by atoms with van der Waals surface area (Å²) in [6.45, 7) is 6.37. The number of para-hydroxylation sites is 2. The second-order valence-corrected chi connectivity index (χ2v) is 5.87. The molecular weight excluding hydrogens is 286 g/mol. The van der Waals surface area contributed by atoms with E-state index in [1.807, 2.05) is 30.3 Å². The van der Waals surface area contributed by atoms with Crippen molar-refractivity contribution in [2.45, 2.75) is 20.8 Å². The normalized spacial score (nSPS) is 12.4. The van der Waals surface area contributed by atoms with Gasteiger partial charge >= 0.3 is 0 Å². The molecule has 3 aromatic rings. The van der Waals surface area contributed by atoms with Crippen molar-refractivity contribution in [3.8, 4) is 11.5 Å². The van der Waals surface area contributed by atoms with Gasteiger partial charge in [-0.15, -0.1) is 5.10 Å². The third kappa shape index (κ3) is 2.14. The van der Waals surface area contributed by atoms with Gasteiger partial charge in [-0.05, 0) is 44.0 Å². The van der Waals surface area contributed by atoms with Crippen molar-refractivity contribution in [3.63, 3.8) is 0 Å². The van der Waals surface area contributed by atoms with Gasteiger partial charge in [0.05, 0.1) is 17.6 Å². The average molecular weight is 303 g/mol. The smallest absolute Gasteiger partial charge is 0.203 e. The molecule has 2 heterocycles. The molecule has 114 valence electrons. The summed E-state index contributed by atoms with van der Waals surface area (Å²) < 4.78 is 5.99. The summed E-state index contributed by atoms with van der Waals surface area (Å²) in [6.07, 6.45) is 1.65. The first-order valence-electron chi connectivity index (χ1n) is 7.61. The second-order valence-electron chi connectivity index (χ2n) is 5.87. The number of hydrogen-bond donors (Lipinski definition) is 0. The number of anilines is 3. The fourth-order valence-corrected chi connectivity index (χ4v) is 3.26. The summed E-state index contributed by atoms with van der Waals surface area (Å²) in [5.74, 6) is 2.27. The highest BCUT2D eigenvalue weighted by molar-refractivity contribution is 5.86. The first kappa shape index (κ1) is 13.8. The van der Waals surface area contributed by atoms with Crippen molar-refractivity contribution >= 4 is 17.2 Å². The first-order chi connectivity index (χ1) is 11.1. The monoisotopic (exact) mass is 303 g/mol. The number of aromatic nitrogens is 2. The van der Waals surface area contributed by atoms with Gasteiger partial charge in [-0.3, -0.25) is 4.90 Å². The number of benzene rings is 2. The molecule has 0 spiro atoms. The van der Waals surface area contributed by atoms with Crippen molar-refractivity contribution < 1.29 is 4.74 Å². The molecule has 0 saturated carbocycles. The Labute approximate surface area is 135 Å². The largest absolute Gasteiger partial charge is 0.451 e. The van der Waals surface area contributed by atoms with Crippen LogP contribution in [0.5, 0.6) is 11.5 Å². The van der Waals surface area contributed by atoms with Crippen LogP contribution in [0.3, 0.4) is 0 Å². The van der Waals surface area contributed by atoms with E-state index in [1.165, 1.54) is 16.7 Å². The van der Waals surface area contributed by atoms with Crippen LogP contribution in [-0.4, -0.2) is 10.2 Å². The van der Waals surface area contributed by atoms with Crippen LogP contribution in [0, 0.1) is 20.8 Å². The van der Waals surface area contributed by atoms with Gasteiger partial charge < -0.3 is 4.74 Å². The number of hydrogen-bond acceptors (Lipinski definition) is 4. The van der Waals surface area contributed by atoms with Crippen LogP contribution in [0.2, 0.25) is 0 Å². The maximum Gasteiger partial charge on any atom is 0.203 e. The van der Waals surface area contributed by atoms with Crippen LogP contribution in [0.25, 0.3) is 0 Å². The molecule has 1 aromatic heterocycles. The highest BCUT2D eigenvalue weighted by Crippen LogP contribution is 2.50. The Morgan fingerprint density at radius 2 is 1.65 bits per heavy atom. The molecule has 2 aromatic carbocycles.